The van der Waals surface area contributed by atoms with E-state index in [1.807, 2.05) is 6.92 Å². The van der Waals surface area contributed by atoms with Crippen molar-refractivity contribution in [1.82, 2.24) is 10.5 Å². The molecule has 0 unspecified atom stereocenters. The van der Waals surface area contributed by atoms with Gasteiger partial charge in [0, 0.05) is 0 Å². The van der Waals surface area contributed by atoms with Crippen LogP contribution in [0.3, 0.4) is 0 Å². The Morgan fingerprint density at radius 2 is 2.12 bits per heavy atom. The summed E-state index contributed by atoms with van der Waals surface area (Å²) in [6.45, 7) is 3.51. The fraction of sp³-hybridized carbons (Fsp3) is 0.412. The van der Waals surface area contributed by atoms with E-state index < -0.39 is 11.9 Å². The molecule has 0 atom stereocenters. The number of ether oxygens (including phenoxy) is 1. The van der Waals surface area contributed by atoms with Crippen molar-refractivity contribution in [2.75, 3.05) is 0 Å². The molecule has 1 aromatic carbocycles. The minimum Gasteiger partial charge on any atom is -0.406 e. The van der Waals surface area contributed by atoms with E-state index in [0.717, 1.165) is 0 Å². The van der Waals surface area contributed by atoms with Crippen molar-refractivity contribution in [3.05, 3.63) is 46.8 Å². The third kappa shape index (κ3) is 3.62. The molecule has 8 heteroatoms. The van der Waals surface area contributed by atoms with Gasteiger partial charge in [0.2, 0.25) is 0 Å². The predicted octanol–water partition coefficient (Wildman–Crippen LogP) is 3.86. The van der Waals surface area contributed by atoms with Crippen molar-refractivity contribution in [2.24, 2.45) is 0 Å². The van der Waals surface area contributed by atoms with Gasteiger partial charge in [-0.25, -0.2) is 0 Å². The maximum Gasteiger partial charge on any atom is 0.573 e. The zero-order valence-electron chi connectivity index (χ0n) is 13.7. The summed E-state index contributed by atoms with van der Waals surface area (Å²) in [6.07, 6.45) is -2.93. The number of halogens is 3. The molecule has 1 amide bonds. The number of amides is 1. The normalized spacial score (nSPS) is 15.7. The number of hydrogen-bond acceptors (Lipinski definition) is 4. The van der Waals surface area contributed by atoms with Gasteiger partial charge in [-0.2, -0.15) is 0 Å². The number of aromatic nitrogens is 1. The van der Waals surface area contributed by atoms with Crippen molar-refractivity contribution in [3.63, 3.8) is 0 Å². The number of alkyl halides is 3. The molecule has 0 bridgehead atoms. The molecule has 0 saturated heterocycles. The first-order valence-electron chi connectivity index (χ1n) is 7.88. The van der Waals surface area contributed by atoms with Crippen molar-refractivity contribution >= 4 is 5.91 Å². The molecular formula is C17H17F3N2O3. The van der Waals surface area contributed by atoms with Crippen LogP contribution < -0.4 is 10.1 Å². The van der Waals surface area contributed by atoms with E-state index in [-0.39, 0.29) is 11.7 Å². The van der Waals surface area contributed by atoms with Gasteiger partial charge in [0.05, 0.1) is 11.2 Å². The first-order chi connectivity index (χ1) is 11.7. The summed E-state index contributed by atoms with van der Waals surface area (Å²) in [5.41, 5.74) is 0.836. The van der Waals surface area contributed by atoms with Crippen molar-refractivity contribution < 1.29 is 27.2 Å². The van der Waals surface area contributed by atoms with E-state index in [0.29, 0.717) is 41.8 Å². The highest BCUT2D eigenvalue weighted by Crippen LogP contribution is 2.46. The molecule has 3 rings (SSSR count). The van der Waals surface area contributed by atoms with E-state index in [1.165, 1.54) is 18.2 Å². The Hall–Kier alpha value is -2.51. The largest absolute Gasteiger partial charge is 0.573 e. The number of carbonyl (C=O) groups is 1. The van der Waals surface area contributed by atoms with Crippen LogP contribution in [0.25, 0.3) is 0 Å². The van der Waals surface area contributed by atoms with Gasteiger partial charge in [0.25, 0.3) is 5.91 Å². The lowest BCUT2D eigenvalue weighted by atomic mass is 10.0. The number of nitrogens with one attached hydrogen (secondary N) is 1. The van der Waals surface area contributed by atoms with E-state index in [2.05, 4.69) is 15.2 Å². The number of rotatable bonds is 5. The predicted molar refractivity (Wildman–Crippen MR) is 82.1 cm³/mol. The topological polar surface area (TPSA) is 64.4 Å². The monoisotopic (exact) mass is 354 g/mol. The second-order valence-electron chi connectivity index (χ2n) is 6.03. The fourth-order valence-corrected chi connectivity index (χ4v) is 2.83. The Morgan fingerprint density at radius 3 is 2.72 bits per heavy atom. The lowest BCUT2D eigenvalue weighted by Gasteiger charge is -2.19. The molecule has 0 spiro atoms. The molecule has 0 aliphatic heterocycles. The molecule has 25 heavy (non-hydrogen) atoms. The molecule has 1 N–H and O–H groups in total. The van der Waals surface area contributed by atoms with Gasteiger partial charge in [-0.1, -0.05) is 24.2 Å². The van der Waals surface area contributed by atoms with Crippen LogP contribution in [0.15, 0.2) is 28.8 Å². The van der Waals surface area contributed by atoms with Gasteiger partial charge in [-0.3, -0.25) is 4.79 Å². The number of carbonyl (C=O) groups excluding carboxylic acids is 1. The number of aryl methyl sites for hydroxylation is 2. The smallest absolute Gasteiger partial charge is 0.406 e. The molecule has 1 aliphatic rings. The highest BCUT2D eigenvalue weighted by atomic mass is 19.4. The van der Waals surface area contributed by atoms with Gasteiger partial charge >= 0.3 is 6.36 Å². The molecule has 134 valence electrons. The van der Waals surface area contributed by atoms with Crippen LogP contribution in [-0.4, -0.2) is 17.4 Å². The van der Waals surface area contributed by atoms with Crippen LogP contribution in [0, 0.1) is 6.92 Å². The average molecular weight is 354 g/mol. The van der Waals surface area contributed by atoms with Gasteiger partial charge in [0.15, 0.2) is 0 Å². The molecule has 2 aromatic rings. The Labute approximate surface area is 142 Å². The molecule has 0 radical (unpaired) electrons. The zero-order chi connectivity index (χ0) is 18.2. The summed E-state index contributed by atoms with van der Waals surface area (Å²) >= 11 is 0. The zero-order valence-corrected chi connectivity index (χ0v) is 13.7. The van der Waals surface area contributed by atoms with E-state index in [4.69, 9.17) is 4.52 Å². The minimum atomic E-state index is -4.76. The van der Waals surface area contributed by atoms with Gasteiger partial charge in [-0.15, -0.1) is 13.2 Å². The Bertz CT molecular complexity index is 795. The minimum absolute atomic E-state index is 0.305. The summed E-state index contributed by atoms with van der Waals surface area (Å²) in [7, 11) is 0. The summed E-state index contributed by atoms with van der Waals surface area (Å²) in [4.78, 5) is 12.6. The number of nitrogens with zero attached hydrogens (tertiary/aromatic N) is 1. The fourth-order valence-electron chi connectivity index (χ4n) is 2.83. The second-order valence-corrected chi connectivity index (χ2v) is 6.03. The van der Waals surface area contributed by atoms with Gasteiger partial charge in [0.1, 0.15) is 17.1 Å². The van der Waals surface area contributed by atoms with E-state index in [9.17, 15) is 18.0 Å². The lowest BCUT2D eigenvalue weighted by Crippen LogP contribution is -2.35. The van der Waals surface area contributed by atoms with Gasteiger partial charge < -0.3 is 14.6 Å². The van der Waals surface area contributed by atoms with E-state index >= 15 is 0 Å². The Morgan fingerprint density at radius 1 is 1.40 bits per heavy atom. The summed E-state index contributed by atoms with van der Waals surface area (Å²) < 4.78 is 46.2. The van der Waals surface area contributed by atoms with Crippen molar-refractivity contribution in [2.45, 2.75) is 45.0 Å². The number of hydrogen-bond donors (Lipinski definition) is 1. The molecule has 1 aliphatic carbocycles. The molecule has 1 saturated carbocycles. The third-order valence-corrected chi connectivity index (χ3v) is 4.22. The van der Waals surface area contributed by atoms with Crippen LogP contribution >= 0.6 is 0 Å². The van der Waals surface area contributed by atoms with Crippen LogP contribution in [-0.2, 0) is 12.0 Å². The SMILES string of the molecule is CCc1noc(C)c1C(=O)NC1(c2cccc(OC(F)(F)F)c2)CC1. The summed E-state index contributed by atoms with van der Waals surface area (Å²) in [6, 6.07) is 5.69. The van der Waals surface area contributed by atoms with Crippen molar-refractivity contribution in [3.8, 4) is 5.75 Å². The highest BCUT2D eigenvalue weighted by molar-refractivity contribution is 5.97. The highest BCUT2D eigenvalue weighted by Gasteiger charge is 2.46. The molecular weight excluding hydrogens is 337 g/mol. The number of benzene rings is 1. The molecule has 1 aromatic heterocycles. The molecule has 5 nitrogen and oxygen atoms in total. The average Bonchev–Trinajstić information content (AvgIpc) is 3.20. The quantitative estimate of drug-likeness (QED) is 0.885. The summed E-state index contributed by atoms with van der Waals surface area (Å²) in [5, 5.41) is 6.77. The lowest BCUT2D eigenvalue weighted by molar-refractivity contribution is -0.274. The first-order valence-corrected chi connectivity index (χ1v) is 7.88. The Kier molecular flexibility index (Phi) is 4.22. The molecule has 1 fully saturated rings. The first kappa shape index (κ1) is 17.3. The third-order valence-electron chi connectivity index (χ3n) is 4.22. The second kappa shape index (κ2) is 6.09. The van der Waals surface area contributed by atoms with Gasteiger partial charge in [-0.05, 0) is 43.9 Å². The molecule has 1 heterocycles. The van der Waals surface area contributed by atoms with Crippen LogP contribution in [0.4, 0.5) is 13.2 Å². The van der Waals surface area contributed by atoms with Crippen LogP contribution in [0.1, 0.15) is 47.1 Å². The van der Waals surface area contributed by atoms with Crippen molar-refractivity contribution in [1.29, 1.82) is 0 Å². The van der Waals surface area contributed by atoms with E-state index in [1.54, 1.807) is 13.0 Å². The maximum absolute atomic E-state index is 12.6. The maximum atomic E-state index is 12.6. The Balaban J connectivity index is 1.82. The van der Waals surface area contributed by atoms with Crippen LogP contribution in [0.2, 0.25) is 0 Å². The van der Waals surface area contributed by atoms with Crippen LogP contribution in [0.5, 0.6) is 5.75 Å². The standard InChI is InChI=1S/C17H17F3N2O3/c1-3-13-14(10(2)25-22-13)15(23)21-16(7-8-16)11-5-4-6-12(9-11)24-17(18,19)20/h4-6,9H,3,7-8H2,1-2H3,(H,21,23). The summed E-state index contributed by atoms with van der Waals surface area (Å²) in [5.74, 6) is -0.226.